The number of carbonyl (C=O) groups is 1. The minimum Gasteiger partial charge on any atom is -0.447 e. The molecule has 2 saturated heterocycles. The molecular weight excluding hydrogens is 286 g/mol. The van der Waals surface area contributed by atoms with E-state index >= 15 is 0 Å². The largest absolute Gasteiger partial charge is 0.447 e. The van der Waals surface area contributed by atoms with E-state index in [2.05, 4.69) is 5.32 Å². The highest BCUT2D eigenvalue weighted by Gasteiger charge is 2.44. The Bertz CT molecular complexity index is 519. The van der Waals surface area contributed by atoms with E-state index < -0.39 is 11.9 Å². The van der Waals surface area contributed by atoms with Crippen LogP contribution in [0, 0.1) is 0 Å². The molecule has 6 nitrogen and oxygen atoms in total. The van der Waals surface area contributed by atoms with Gasteiger partial charge in [-0.05, 0) is 19.4 Å². The van der Waals surface area contributed by atoms with Gasteiger partial charge in [-0.1, -0.05) is 30.3 Å². The van der Waals surface area contributed by atoms with E-state index in [1.807, 2.05) is 44.2 Å². The second kappa shape index (κ2) is 6.24. The summed E-state index contributed by atoms with van der Waals surface area (Å²) in [5, 5.41) is 2.77. The molecule has 3 rings (SSSR count). The van der Waals surface area contributed by atoms with E-state index in [1.165, 1.54) is 0 Å². The SMILES string of the molecule is CC1(C)OC[C@@H](OCc2ccccc2)[C@H]([C@@H]2COC(=O)N2)O1. The van der Waals surface area contributed by atoms with Crippen LogP contribution in [0.5, 0.6) is 0 Å². The fourth-order valence-corrected chi connectivity index (χ4v) is 2.65. The third-order valence-corrected chi connectivity index (χ3v) is 3.78. The van der Waals surface area contributed by atoms with Crippen molar-refractivity contribution >= 4 is 6.09 Å². The van der Waals surface area contributed by atoms with Crippen molar-refractivity contribution in [1.82, 2.24) is 5.32 Å². The first-order chi connectivity index (χ1) is 10.5. The summed E-state index contributed by atoms with van der Waals surface area (Å²) in [5.41, 5.74) is 1.08. The van der Waals surface area contributed by atoms with Gasteiger partial charge in [0.05, 0.1) is 19.3 Å². The predicted molar refractivity (Wildman–Crippen MR) is 78.2 cm³/mol. The van der Waals surface area contributed by atoms with Crippen LogP contribution in [0.1, 0.15) is 19.4 Å². The number of amides is 1. The maximum absolute atomic E-state index is 11.3. The van der Waals surface area contributed by atoms with Gasteiger partial charge in [0.15, 0.2) is 5.79 Å². The first-order valence-electron chi connectivity index (χ1n) is 7.44. The van der Waals surface area contributed by atoms with Crippen molar-refractivity contribution in [3.63, 3.8) is 0 Å². The highest BCUT2D eigenvalue weighted by atomic mass is 16.7. The zero-order valence-corrected chi connectivity index (χ0v) is 12.8. The number of ether oxygens (including phenoxy) is 4. The molecule has 120 valence electrons. The van der Waals surface area contributed by atoms with Crippen molar-refractivity contribution in [2.45, 2.75) is 44.5 Å². The van der Waals surface area contributed by atoms with E-state index in [0.717, 1.165) is 5.56 Å². The number of cyclic esters (lactones) is 1. The number of benzene rings is 1. The third-order valence-electron chi connectivity index (χ3n) is 3.78. The molecule has 2 fully saturated rings. The average molecular weight is 307 g/mol. The van der Waals surface area contributed by atoms with Crippen molar-refractivity contribution in [3.05, 3.63) is 35.9 Å². The summed E-state index contributed by atoms with van der Waals surface area (Å²) in [4.78, 5) is 11.3. The van der Waals surface area contributed by atoms with Gasteiger partial charge in [0, 0.05) is 0 Å². The summed E-state index contributed by atoms with van der Waals surface area (Å²) < 4.78 is 22.6. The number of rotatable bonds is 4. The summed E-state index contributed by atoms with van der Waals surface area (Å²) in [6.07, 6.45) is -0.987. The minimum atomic E-state index is -0.704. The first-order valence-corrected chi connectivity index (χ1v) is 7.44. The summed E-state index contributed by atoms with van der Waals surface area (Å²) in [7, 11) is 0. The molecule has 1 aromatic rings. The molecule has 1 N–H and O–H groups in total. The number of carbonyl (C=O) groups excluding carboxylic acids is 1. The molecule has 6 heteroatoms. The molecule has 0 saturated carbocycles. The molecule has 0 aliphatic carbocycles. The van der Waals surface area contributed by atoms with Gasteiger partial charge in [-0.15, -0.1) is 0 Å². The van der Waals surface area contributed by atoms with Crippen molar-refractivity contribution in [3.8, 4) is 0 Å². The Morgan fingerprint density at radius 2 is 2.05 bits per heavy atom. The van der Waals surface area contributed by atoms with Gasteiger partial charge in [-0.3, -0.25) is 0 Å². The topological polar surface area (TPSA) is 66.0 Å². The number of nitrogens with one attached hydrogen (secondary N) is 1. The predicted octanol–water partition coefficient (Wildman–Crippen LogP) is 1.83. The Morgan fingerprint density at radius 3 is 2.73 bits per heavy atom. The highest BCUT2D eigenvalue weighted by molar-refractivity contribution is 5.69. The van der Waals surface area contributed by atoms with E-state index in [0.29, 0.717) is 13.2 Å². The quantitative estimate of drug-likeness (QED) is 0.919. The lowest BCUT2D eigenvalue weighted by Gasteiger charge is -2.42. The zero-order valence-electron chi connectivity index (χ0n) is 12.8. The van der Waals surface area contributed by atoms with Gasteiger partial charge in [0.25, 0.3) is 0 Å². The van der Waals surface area contributed by atoms with Crippen LogP contribution in [0.25, 0.3) is 0 Å². The van der Waals surface area contributed by atoms with E-state index in [9.17, 15) is 4.79 Å². The molecule has 22 heavy (non-hydrogen) atoms. The molecule has 2 aliphatic heterocycles. The molecule has 0 unspecified atom stereocenters. The smallest absolute Gasteiger partial charge is 0.407 e. The van der Waals surface area contributed by atoms with Crippen LogP contribution in [0.3, 0.4) is 0 Å². The Kier molecular flexibility index (Phi) is 4.33. The average Bonchev–Trinajstić information content (AvgIpc) is 2.93. The van der Waals surface area contributed by atoms with E-state index in [4.69, 9.17) is 18.9 Å². The third kappa shape index (κ3) is 3.58. The first kappa shape index (κ1) is 15.3. The van der Waals surface area contributed by atoms with Gasteiger partial charge < -0.3 is 24.3 Å². The van der Waals surface area contributed by atoms with Crippen LogP contribution in [-0.4, -0.2) is 43.3 Å². The molecule has 2 aliphatic rings. The van der Waals surface area contributed by atoms with Gasteiger partial charge in [-0.25, -0.2) is 4.79 Å². The van der Waals surface area contributed by atoms with Crippen LogP contribution >= 0.6 is 0 Å². The Labute approximate surface area is 129 Å². The number of alkyl carbamates (subject to hydrolysis) is 1. The normalized spacial score (nSPS) is 30.6. The van der Waals surface area contributed by atoms with Gasteiger partial charge in [0.2, 0.25) is 0 Å². The van der Waals surface area contributed by atoms with Crippen molar-refractivity contribution in [1.29, 1.82) is 0 Å². The second-order valence-corrected chi connectivity index (χ2v) is 5.98. The van der Waals surface area contributed by atoms with Crippen LogP contribution < -0.4 is 5.32 Å². The van der Waals surface area contributed by atoms with Crippen molar-refractivity contribution < 1.29 is 23.7 Å². The van der Waals surface area contributed by atoms with Gasteiger partial charge in [-0.2, -0.15) is 0 Å². The highest BCUT2D eigenvalue weighted by Crippen LogP contribution is 2.28. The Hall–Kier alpha value is -1.63. The maximum atomic E-state index is 11.3. The van der Waals surface area contributed by atoms with Gasteiger partial charge in [0.1, 0.15) is 18.8 Å². The van der Waals surface area contributed by atoms with Crippen LogP contribution in [0.4, 0.5) is 4.79 Å². The summed E-state index contributed by atoms with van der Waals surface area (Å²) in [5.74, 6) is -0.704. The Balaban J connectivity index is 1.66. The van der Waals surface area contributed by atoms with Crippen LogP contribution in [0.2, 0.25) is 0 Å². The van der Waals surface area contributed by atoms with Crippen molar-refractivity contribution in [2.24, 2.45) is 0 Å². The Morgan fingerprint density at radius 1 is 1.27 bits per heavy atom. The van der Waals surface area contributed by atoms with E-state index in [-0.39, 0.29) is 24.9 Å². The zero-order chi connectivity index (χ0) is 15.6. The standard InChI is InChI=1S/C16H21NO5/c1-16(2)21-10-13(19-8-11-6-4-3-5-7-11)14(22-16)12-9-20-15(18)17-12/h3-7,12-14H,8-10H2,1-2H3,(H,17,18)/t12-,13+,14-/m0/s1. The molecule has 0 spiro atoms. The summed E-state index contributed by atoms with van der Waals surface area (Å²) in [6.45, 7) is 4.87. The fourth-order valence-electron chi connectivity index (χ4n) is 2.65. The van der Waals surface area contributed by atoms with Crippen molar-refractivity contribution in [2.75, 3.05) is 13.2 Å². The molecule has 2 heterocycles. The summed E-state index contributed by atoms with van der Waals surface area (Å²) >= 11 is 0. The minimum absolute atomic E-state index is 0.226. The maximum Gasteiger partial charge on any atom is 0.407 e. The molecule has 1 amide bonds. The monoisotopic (exact) mass is 307 g/mol. The second-order valence-electron chi connectivity index (χ2n) is 5.98. The summed E-state index contributed by atoms with van der Waals surface area (Å²) in [6, 6.07) is 9.69. The molecule has 1 aromatic carbocycles. The molecule has 3 atom stereocenters. The fraction of sp³-hybridized carbons (Fsp3) is 0.562. The molecule has 0 bridgehead atoms. The molecule has 0 aromatic heterocycles. The van der Waals surface area contributed by atoms with Crippen LogP contribution in [-0.2, 0) is 25.6 Å². The lowest BCUT2D eigenvalue weighted by Crippen LogP contribution is -2.57. The molecular formula is C16H21NO5. The van der Waals surface area contributed by atoms with Crippen LogP contribution in [0.15, 0.2) is 30.3 Å². The number of hydrogen-bond donors (Lipinski definition) is 1. The van der Waals surface area contributed by atoms with Gasteiger partial charge >= 0.3 is 6.09 Å². The molecule has 0 radical (unpaired) electrons. The van der Waals surface area contributed by atoms with E-state index in [1.54, 1.807) is 0 Å². The lowest BCUT2D eigenvalue weighted by molar-refractivity contribution is -0.315. The lowest BCUT2D eigenvalue weighted by atomic mass is 10.0. The number of hydrogen-bond acceptors (Lipinski definition) is 5.